The third kappa shape index (κ3) is 4.08. The Labute approximate surface area is 171 Å². The molecule has 0 radical (unpaired) electrons. The second-order valence-electron chi connectivity index (χ2n) is 6.62. The Bertz CT molecular complexity index is 1020. The minimum absolute atomic E-state index is 1.09. The maximum Gasteiger partial charge on any atom is 0.0461 e. The van der Waals surface area contributed by atoms with Crippen molar-refractivity contribution in [3.05, 3.63) is 114 Å². The summed E-state index contributed by atoms with van der Waals surface area (Å²) in [5.74, 6) is 0. The van der Waals surface area contributed by atoms with E-state index in [2.05, 4.69) is 103 Å². The fourth-order valence-electron chi connectivity index (χ4n) is 3.32. The van der Waals surface area contributed by atoms with Gasteiger partial charge in [-0.2, -0.15) is 0 Å². The zero-order valence-electron chi connectivity index (χ0n) is 15.8. The molecule has 138 valence electrons. The lowest BCUT2D eigenvalue weighted by Crippen LogP contribution is -2.15. The molecular weight excluding hydrogens is 358 g/mol. The summed E-state index contributed by atoms with van der Waals surface area (Å²) in [5, 5.41) is 0. The van der Waals surface area contributed by atoms with Crippen LogP contribution in [0.4, 0.5) is 11.4 Å². The van der Waals surface area contributed by atoms with Crippen LogP contribution in [0.5, 0.6) is 0 Å². The molecule has 1 aliphatic carbocycles. The van der Waals surface area contributed by atoms with Gasteiger partial charge in [0.2, 0.25) is 0 Å². The molecule has 2 heteroatoms. The van der Waals surface area contributed by atoms with Gasteiger partial charge in [0.1, 0.15) is 0 Å². The summed E-state index contributed by atoms with van der Waals surface area (Å²) in [6.07, 6.45) is 14.9. The van der Waals surface area contributed by atoms with E-state index in [4.69, 9.17) is 0 Å². The molecule has 1 aliphatic rings. The van der Waals surface area contributed by atoms with Crippen LogP contribution in [0.3, 0.4) is 0 Å². The van der Waals surface area contributed by atoms with Gasteiger partial charge in [-0.1, -0.05) is 61.2 Å². The summed E-state index contributed by atoms with van der Waals surface area (Å²) in [7, 11) is 0. The average molecular weight is 382 g/mol. The van der Waals surface area contributed by atoms with Crippen molar-refractivity contribution >= 4 is 28.8 Å². The second kappa shape index (κ2) is 8.73. The highest BCUT2D eigenvalue weighted by atomic mass is 32.1. The van der Waals surface area contributed by atoms with E-state index in [9.17, 15) is 0 Å². The Morgan fingerprint density at radius 3 is 2.36 bits per heavy atom. The Hall–Kier alpha value is -3.10. The minimum atomic E-state index is 1.09. The van der Waals surface area contributed by atoms with E-state index in [1.807, 2.05) is 6.08 Å². The van der Waals surface area contributed by atoms with E-state index in [1.165, 1.54) is 32.4 Å². The van der Waals surface area contributed by atoms with Crippen molar-refractivity contribution in [1.82, 2.24) is 0 Å². The van der Waals surface area contributed by atoms with Crippen molar-refractivity contribution < 1.29 is 0 Å². The molecule has 1 aromatic heterocycles. The molecular formula is C26H23NS. The van der Waals surface area contributed by atoms with Gasteiger partial charge in [-0.15, -0.1) is 11.3 Å². The van der Waals surface area contributed by atoms with Gasteiger partial charge in [0.05, 0.1) is 0 Å². The van der Waals surface area contributed by atoms with Gasteiger partial charge >= 0.3 is 0 Å². The lowest BCUT2D eigenvalue weighted by molar-refractivity contribution is 0.997. The maximum atomic E-state index is 3.73. The van der Waals surface area contributed by atoms with E-state index in [-0.39, 0.29) is 0 Å². The fourth-order valence-corrected chi connectivity index (χ4v) is 4.25. The molecule has 0 atom stereocenters. The third-order valence-corrected chi connectivity index (χ3v) is 5.78. The summed E-state index contributed by atoms with van der Waals surface area (Å²) < 4.78 is 0. The van der Waals surface area contributed by atoms with E-state index >= 15 is 0 Å². The quantitative estimate of drug-likeness (QED) is 0.391. The van der Waals surface area contributed by atoms with E-state index in [1.54, 1.807) is 17.4 Å². The largest absolute Gasteiger partial charge is 0.311 e. The summed E-state index contributed by atoms with van der Waals surface area (Å²) in [6.45, 7) is 3.73. The molecule has 3 aromatic rings. The van der Waals surface area contributed by atoms with Gasteiger partial charge in [0, 0.05) is 26.8 Å². The van der Waals surface area contributed by atoms with Gasteiger partial charge < -0.3 is 4.90 Å². The van der Waals surface area contributed by atoms with Crippen LogP contribution in [0.25, 0.3) is 16.5 Å². The van der Waals surface area contributed by atoms with Crippen molar-refractivity contribution in [2.45, 2.75) is 12.8 Å². The third-order valence-electron chi connectivity index (χ3n) is 4.68. The summed E-state index contributed by atoms with van der Waals surface area (Å²) in [5.41, 5.74) is 4.84. The molecule has 0 unspecified atom stereocenters. The zero-order valence-corrected chi connectivity index (χ0v) is 16.6. The number of hydrogen-bond donors (Lipinski definition) is 0. The highest BCUT2D eigenvalue weighted by molar-refractivity contribution is 7.16. The average Bonchev–Trinajstić information content (AvgIpc) is 3.23. The lowest BCUT2D eigenvalue weighted by atomic mass is 10.1. The van der Waals surface area contributed by atoms with Crippen molar-refractivity contribution in [2.24, 2.45) is 0 Å². The number of thiophene rings is 1. The Morgan fingerprint density at radius 1 is 0.857 bits per heavy atom. The standard InChI is InChI=1S/C26H23NS/c1-2-3-14-25-19-20-26(28-25)21-15-17-24(18-16-21)27(22-10-6-4-7-11-22)23-12-8-5-9-13-23/h2-4,6-8,10-20H,1,5,9H2/b14-3+. The number of benzene rings is 2. The van der Waals surface area contributed by atoms with Crippen molar-refractivity contribution in [3.8, 4) is 10.4 Å². The first-order valence-electron chi connectivity index (χ1n) is 9.56. The molecule has 2 aromatic carbocycles. The molecule has 0 amide bonds. The van der Waals surface area contributed by atoms with Crippen LogP contribution < -0.4 is 4.90 Å². The van der Waals surface area contributed by atoms with E-state index in [0.717, 1.165) is 12.8 Å². The fraction of sp³-hybridized carbons (Fsp3) is 0.0769. The first-order chi connectivity index (χ1) is 13.8. The molecule has 0 fully saturated rings. The van der Waals surface area contributed by atoms with Crippen LogP contribution in [0.2, 0.25) is 0 Å². The summed E-state index contributed by atoms with van der Waals surface area (Å²) in [4.78, 5) is 4.84. The topological polar surface area (TPSA) is 3.24 Å². The molecule has 1 nitrogen and oxygen atoms in total. The Morgan fingerprint density at radius 2 is 1.64 bits per heavy atom. The van der Waals surface area contributed by atoms with Crippen molar-refractivity contribution in [1.29, 1.82) is 0 Å². The maximum absolute atomic E-state index is 3.73. The van der Waals surface area contributed by atoms with Crippen LogP contribution in [0, 0.1) is 0 Å². The first-order valence-corrected chi connectivity index (χ1v) is 10.4. The normalized spacial score (nSPS) is 13.5. The van der Waals surface area contributed by atoms with Crippen LogP contribution in [0.1, 0.15) is 17.7 Å². The molecule has 0 spiro atoms. The van der Waals surface area contributed by atoms with E-state index < -0.39 is 0 Å². The Balaban J connectivity index is 1.66. The first kappa shape index (κ1) is 18.3. The smallest absolute Gasteiger partial charge is 0.0461 e. The number of allylic oxidation sites excluding steroid dienone is 5. The SMILES string of the molecule is C=C/C=C/c1ccc(-c2ccc(N(C3=CCCC=C3)c3ccccc3)cc2)s1. The van der Waals surface area contributed by atoms with Crippen LogP contribution in [0.15, 0.2) is 109 Å². The van der Waals surface area contributed by atoms with Gasteiger partial charge in [0.25, 0.3) is 0 Å². The Kier molecular flexibility index (Phi) is 5.69. The van der Waals surface area contributed by atoms with E-state index in [0.29, 0.717) is 0 Å². The molecule has 0 saturated heterocycles. The number of nitrogens with zero attached hydrogens (tertiary/aromatic N) is 1. The monoisotopic (exact) mass is 381 g/mol. The number of rotatable bonds is 6. The van der Waals surface area contributed by atoms with Gasteiger partial charge in [-0.25, -0.2) is 0 Å². The second-order valence-corrected chi connectivity index (χ2v) is 7.74. The van der Waals surface area contributed by atoms with Crippen LogP contribution in [-0.2, 0) is 0 Å². The molecule has 0 bridgehead atoms. The van der Waals surface area contributed by atoms with Crippen molar-refractivity contribution in [3.63, 3.8) is 0 Å². The molecule has 0 saturated carbocycles. The van der Waals surface area contributed by atoms with Crippen molar-refractivity contribution in [2.75, 3.05) is 4.90 Å². The predicted molar refractivity (Wildman–Crippen MR) is 124 cm³/mol. The highest BCUT2D eigenvalue weighted by Crippen LogP contribution is 2.35. The molecule has 1 heterocycles. The molecule has 4 rings (SSSR count). The molecule has 0 N–H and O–H groups in total. The molecule has 28 heavy (non-hydrogen) atoms. The summed E-state index contributed by atoms with van der Waals surface area (Å²) in [6, 6.07) is 23.8. The summed E-state index contributed by atoms with van der Waals surface area (Å²) >= 11 is 1.79. The zero-order chi connectivity index (χ0) is 19.2. The van der Waals surface area contributed by atoms with Crippen LogP contribution >= 0.6 is 11.3 Å². The number of para-hydroxylation sites is 1. The van der Waals surface area contributed by atoms with Crippen LogP contribution in [-0.4, -0.2) is 0 Å². The highest BCUT2D eigenvalue weighted by Gasteiger charge is 2.14. The van der Waals surface area contributed by atoms with Gasteiger partial charge in [0.15, 0.2) is 0 Å². The number of anilines is 2. The minimum Gasteiger partial charge on any atom is -0.311 e. The predicted octanol–water partition coefficient (Wildman–Crippen LogP) is 7.99. The van der Waals surface area contributed by atoms with Gasteiger partial charge in [-0.3, -0.25) is 0 Å². The molecule has 0 aliphatic heterocycles. The number of hydrogen-bond acceptors (Lipinski definition) is 2. The van der Waals surface area contributed by atoms with Gasteiger partial charge in [-0.05, 0) is 67.0 Å². The lowest BCUT2D eigenvalue weighted by Gasteiger charge is -2.27.